The molecule has 7 heteroatoms. The van der Waals surface area contributed by atoms with Crippen LogP contribution in [0.5, 0.6) is 0 Å². The maximum Gasteiger partial charge on any atom is 0.335 e. The molecule has 1 aliphatic carbocycles. The third kappa shape index (κ3) is 3.25. The molecule has 0 aliphatic heterocycles. The smallest absolute Gasteiger partial charge is 0.335 e. The largest absolute Gasteiger partial charge is 0.478 e. The molecule has 1 fully saturated rings. The number of rotatable bonds is 5. The summed E-state index contributed by atoms with van der Waals surface area (Å²) in [5, 5.41) is 11.9. The van der Waals surface area contributed by atoms with Crippen LogP contribution in [0.2, 0.25) is 0 Å². The summed E-state index contributed by atoms with van der Waals surface area (Å²) in [5.41, 5.74) is 0.561. The fourth-order valence-electron chi connectivity index (χ4n) is 2.01. The first-order chi connectivity index (χ1) is 10.1. The lowest BCUT2D eigenvalue weighted by Crippen LogP contribution is -2.13. The maximum atomic E-state index is 11.6. The fourth-order valence-corrected chi connectivity index (χ4v) is 2.01. The number of aromatic carboxylic acids is 1. The molecule has 7 nitrogen and oxygen atoms in total. The number of nitrogens with one attached hydrogen (secondary N) is 2. The molecular weight excluding hydrogens is 272 g/mol. The zero-order valence-corrected chi connectivity index (χ0v) is 11.2. The molecule has 0 amide bonds. The minimum Gasteiger partial charge on any atom is -0.478 e. The molecule has 2 heterocycles. The Labute approximate surface area is 120 Å². The average molecular weight is 286 g/mol. The highest BCUT2D eigenvalue weighted by molar-refractivity contribution is 5.87. The van der Waals surface area contributed by atoms with E-state index in [4.69, 9.17) is 5.11 Å². The highest BCUT2D eigenvalue weighted by Gasteiger charge is 2.26. The quantitative estimate of drug-likeness (QED) is 0.765. The number of hydrogen-bond donors (Lipinski definition) is 3. The van der Waals surface area contributed by atoms with Crippen molar-refractivity contribution in [3.63, 3.8) is 0 Å². The van der Waals surface area contributed by atoms with Gasteiger partial charge < -0.3 is 15.4 Å². The Balaban J connectivity index is 1.74. The number of H-pyrrole nitrogens is 1. The summed E-state index contributed by atoms with van der Waals surface area (Å²) in [5.74, 6) is 0.539. The number of carboxylic acids is 1. The van der Waals surface area contributed by atoms with Crippen molar-refractivity contribution in [2.75, 3.05) is 5.32 Å². The van der Waals surface area contributed by atoms with Crippen LogP contribution in [-0.2, 0) is 6.54 Å². The molecule has 3 rings (SSSR count). The number of pyridine rings is 1. The number of carbonyl (C=O) groups is 1. The lowest BCUT2D eigenvalue weighted by molar-refractivity contribution is 0.0696. The normalized spacial score (nSPS) is 13.9. The van der Waals surface area contributed by atoms with Gasteiger partial charge in [-0.25, -0.2) is 9.78 Å². The first kappa shape index (κ1) is 13.3. The minimum absolute atomic E-state index is 0.180. The third-order valence-electron chi connectivity index (χ3n) is 3.24. The fraction of sp³-hybridized carbons (Fsp3) is 0.286. The number of anilines is 1. The molecule has 0 atom stereocenters. The number of carboxylic acid groups (broad SMARTS) is 1. The van der Waals surface area contributed by atoms with Gasteiger partial charge in [0.15, 0.2) is 0 Å². The topological polar surface area (TPSA) is 108 Å². The van der Waals surface area contributed by atoms with Crippen LogP contribution in [0, 0.1) is 0 Å². The van der Waals surface area contributed by atoms with Gasteiger partial charge in [-0.2, -0.15) is 0 Å². The lowest BCUT2D eigenvalue weighted by Gasteiger charge is -2.07. The van der Waals surface area contributed by atoms with Crippen molar-refractivity contribution in [1.29, 1.82) is 0 Å². The van der Waals surface area contributed by atoms with Gasteiger partial charge in [-0.15, -0.1) is 0 Å². The van der Waals surface area contributed by atoms with Crippen LogP contribution in [0.25, 0.3) is 0 Å². The van der Waals surface area contributed by atoms with Crippen molar-refractivity contribution >= 4 is 11.8 Å². The SMILES string of the molecule is O=C(O)c1ccnc(CNc2cc(=O)[nH]c(C3CC3)n2)c1. The van der Waals surface area contributed by atoms with Crippen LogP contribution < -0.4 is 10.9 Å². The molecule has 0 aromatic carbocycles. The molecule has 2 aromatic rings. The van der Waals surface area contributed by atoms with Crippen molar-refractivity contribution in [3.05, 3.63) is 51.8 Å². The van der Waals surface area contributed by atoms with Gasteiger partial charge in [0.05, 0.1) is 17.8 Å². The lowest BCUT2D eigenvalue weighted by atomic mass is 10.2. The number of hydrogen-bond acceptors (Lipinski definition) is 5. The van der Waals surface area contributed by atoms with Crippen LogP contribution in [0.4, 0.5) is 5.82 Å². The average Bonchev–Trinajstić information content (AvgIpc) is 3.29. The van der Waals surface area contributed by atoms with Crippen molar-refractivity contribution in [3.8, 4) is 0 Å². The highest BCUT2D eigenvalue weighted by atomic mass is 16.4. The Morgan fingerprint density at radius 2 is 2.24 bits per heavy atom. The molecule has 3 N–H and O–H groups in total. The summed E-state index contributed by atoms with van der Waals surface area (Å²) < 4.78 is 0. The van der Waals surface area contributed by atoms with E-state index in [-0.39, 0.29) is 11.1 Å². The summed E-state index contributed by atoms with van der Waals surface area (Å²) in [6.45, 7) is 0.307. The molecule has 0 bridgehead atoms. The van der Waals surface area contributed by atoms with E-state index in [1.165, 1.54) is 24.4 Å². The second kappa shape index (κ2) is 5.35. The second-order valence-corrected chi connectivity index (χ2v) is 4.98. The van der Waals surface area contributed by atoms with Crippen molar-refractivity contribution in [1.82, 2.24) is 15.0 Å². The molecule has 108 valence electrons. The molecule has 2 aromatic heterocycles. The Kier molecular flexibility index (Phi) is 3.39. The van der Waals surface area contributed by atoms with Crippen LogP contribution in [0.15, 0.2) is 29.2 Å². The molecule has 1 saturated carbocycles. The second-order valence-electron chi connectivity index (χ2n) is 4.98. The van der Waals surface area contributed by atoms with Crippen molar-refractivity contribution in [2.45, 2.75) is 25.3 Å². The van der Waals surface area contributed by atoms with E-state index < -0.39 is 5.97 Å². The number of aromatic amines is 1. The van der Waals surface area contributed by atoms with Crippen molar-refractivity contribution < 1.29 is 9.90 Å². The Morgan fingerprint density at radius 3 is 2.95 bits per heavy atom. The molecule has 0 spiro atoms. The first-order valence-corrected chi connectivity index (χ1v) is 6.65. The summed E-state index contributed by atoms with van der Waals surface area (Å²) >= 11 is 0. The number of aromatic nitrogens is 3. The Morgan fingerprint density at radius 1 is 1.43 bits per heavy atom. The predicted molar refractivity (Wildman–Crippen MR) is 75.4 cm³/mol. The summed E-state index contributed by atoms with van der Waals surface area (Å²) in [6.07, 6.45) is 3.55. The van der Waals surface area contributed by atoms with E-state index in [1.54, 1.807) is 0 Å². The van der Waals surface area contributed by atoms with Gasteiger partial charge in [-0.3, -0.25) is 9.78 Å². The monoisotopic (exact) mass is 286 g/mol. The molecule has 0 radical (unpaired) electrons. The van der Waals surface area contributed by atoms with Gasteiger partial charge in [0.1, 0.15) is 11.6 Å². The standard InChI is InChI=1S/C14H14N4O3/c19-12-6-11(17-13(18-12)8-1-2-8)16-7-10-5-9(14(20)21)3-4-15-10/h3-6,8H,1-2,7H2,(H,20,21)(H2,16,17,18,19). The van der Waals surface area contributed by atoms with E-state index in [1.807, 2.05) is 0 Å². The van der Waals surface area contributed by atoms with Crippen LogP contribution in [0.1, 0.15) is 40.6 Å². The molecule has 0 saturated heterocycles. The summed E-state index contributed by atoms with van der Waals surface area (Å²) in [6, 6.07) is 4.31. The van der Waals surface area contributed by atoms with Crippen LogP contribution >= 0.6 is 0 Å². The van der Waals surface area contributed by atoms with Gasteiger partial charge in [0.2, 0.25) is 0 Å². The van der Waals surface area contributed by atoms with Crippen LogP contribution in [0.3, 0.4) is 0 Å². The molecular formula is C14H14N4O3. The summed E-state index contributed by atoms with van der Waals surface area (Å²) in [7, 11) is 0. The minimum atomic E-state index is -0.996. The van der Waals surface area contributed by atoms with Crippen molar-refractivity contribution in [2.24, 2.45) is 0 Å². The van der Waals surface area contributed by atoms with Crippen LogP contribution in [-0.4, -0.2) is 26.0 Å². The molecule has 0 unspecified atom stereocenters. The van der Waals surface area contributed by atoms with Gasteiger partial charge in [0, 0.05) is 18.2 Å². The molecule has 1 aliphatic rings. The van der Waals surface area contributed by atoms with E-state index in [2.05, 4.69) is 20.3 Å². The summed E-state index contributed by atoms with van der Waals surface area (Å²) in [4.78, 5) is 33.6. The van der Waals surface area contributed by atoms with Gasteiger partial charge in [-0.1, -0.05) is 0 Å². The van der Waals surface area contributed by atoms with E-state index in [0.717, 1.165) is 12.8 Å². The first-order valence-electron chi connectivity index (χ1n) is 6.65. The van der Waals surface area contributed by atoms with Gasteiger partial charge >= 0.3 is 5.97 Å². The third-order valence-corrected chi connectivity index (χ3v) is 3.24. The maximum absolute atomic E-state index is 11.6. The Bertz CT molecular complexity index is 737. The zero-order valence-electron chi connectivity index (χ0n) is 11.2. The highest BCUT2D eigenvalue weighted by Crippen LogP contribution is 2.37. The number of nitrogens with zero attached hydrogens (tertiary/aromatic N) is 2. The van der Waals surface area contributed by atoms with E-state index in [9.17, 15) is 9.59 Å². The van der Waals surface area contributed by atoms with E-state index in [0.29, 0.717) is 29.8 Å². The van der Waals surface area contributed by atoms with Gasteiger partial charge in [-0.05, 0) is 25.0 Å². The zero-order chi connectivity index (χ0) is 14.8. The molecule has 21 heavy (non-hydrogen) atoms. The van der Waals surface area contributed by atoms with E-state index >= 15 is 0 Å². The Hall–Kier alpha value is -2.70. The predicted octanol–water partition coefficient (Wildman–Crippen LogP) is 1.35. The van der Waals surface area contributed by atoms with Gasteiger partial charge in [0.25, 0.3) is 5.56 Å².